The Morgan fingerprint density at radius 1 is 0.969 bits per heavy atom. The number of amides is 2. The average molecular weight is 473 g/mol. The van der Waals surface area contributed by atoms with Crippen molar-refractivity contribution in [1.29, 1.82) is 0 Å². The highest BCUT2D eigenvalue weighted by molar-refractivity contribution is 8.00. The molecule has 1 aromatic heterocycles. The Labute approximate surface area is 190 Å². The molecule has 1 saturated heterocycles. The third kappa shape index (κ3) is 3.13. The van der Waals surface area contributed by atoms with E-state index in [0.717, 1.165) is 21.8 Å². The third-order valence-corrected chi connectivity index (χ3v) is 8.08. The molecule has 2 aliphatic heterocycles. The summed E-state index contributed by atoms with van der Waals surface area (Å²) < 4.78 is 24.2. The molecule has 2 aromatic carbocycles. The molecule has 3 heterocycles. The van der Waals surface area contributed by atoms with Gasteiger partial charge in [-0.1, -0.05) is 29.2 Å². The van der Waals surface area contributed by atoms with Crippen LogP contribution in [0.25, 0.3) is 0 Å². The smallest absolute Gasteiger partial charge is 0.305 e. The van der Waals surface area contributed by atoms with Crippen molar-refractivity contribution in [3.63, 3.8) is 0 Å². The van der Waals surface area contributed by atoms with E-state index in [9.17, 15) is 18.8 Å². The number of carbonyl (C=O) groups excluding carboxylic acids is 2. The van der Waals surface area contributed by atoms with Gasteiger partial charge in [0, 0.05) is 10.8 Å². The highest BCUT2D eigenvalue weighted by Crippen LogP contribution is 2.53. The van der Waals surface area contributed by atoms with Crippen molar-refractivity contribution >= 4 is 40.6 Å². The molecule has 1 fully saturated rings. The maximum Gasteiger partial charge on any atom is 0.305 e. The lowest BCUT2D eigenvalue weighted by molar-refractivity contribution is -0.122. The van der Waals surface area contributed by atoms with E-state index in [1.807, 2.05) is 6.07 Å². The number of anilines is 1. The summed E-state index contributed by atoms with van der Waals surface area (Å²) >= 11 is 2.22. The van der Waals surface area contributed by atoms with Crippen molar-refractivity contribution in [2.75, 3.05) is 19.1 Å². The molecule has 1 N–H and O–H groups in total. The van der Waals surface area contributed by atoms with Crippen molar-refractivity contribution in [2.45, 2.75) is 16.2 Å². The van der Waals surface area contributed by atoms with Crippen molar-refractivity contribution in [3.05, 3.63) is 68.4 Å². The topological polar surface area (TPSA) is 88.7 Å². The van der Waals surface area contributed by atoms with Crippen molar-refractivity contribution in [2.24, 2.45) is 5.92 Å². The number of nitrogens with one attached hydrogen (secondary N) is 1. The fourth-order valence-electron chi connectivity index (χ4n) is 4.27. The first-order chi connectivity index (χ1) is 15.4. The lowest BCUT2D eigenvalue weighted by atomic mass is 9.83. The number of H-pyrrole nitrogens is 1. The van der Waals surface area contributed by atoms with Gasteiger partial charge in [0.2, 0.25) is 11.8 Å². The number of fused-ring (bicyclic) bond motifs is 2. The molecule has 3 aromatic rings. The zero-order valence-corrected chi connectivity index (χ0v) is 18.6. The van der Waals surface area contributed by atoms with E-state index in [0.29, 0.717) is 27.1 Å². The molecule has 0 spiro atoms. The second-order valence-corrected chi connectivity index (χ2v) is 9.52. The summed E-state index contributed by atoms with van der Waals surface area (Å²) in [4.78, 5) is 43.4. The summed E-state index contributed by atoms with van der Waals surface area (Å²) in [6.07, 6.45) is 0. The van der Waals surface area contributed by atoms with Gasteiger partial charge in [-0.05, 0) is 42.0 Å². The molecule has 10 heteroatoms. The van der Waals surface area contributed by atoms with Crippen LogP contribution in [0.1, 0.15) is 16.4 Å². The van der Waals surface area contributed by atoms with Gasteiger partial charge in [0.25, 0.3) is 0 Å². The van der Waals surface area contributed by atoms with Gasteiger partial charge in [-0.2, -0.15) is 0 Å². The van der Waals surface area contributed by atoms with E-state index < -0.39 is 22.9 Å². The highest BCUT2D eigenvalue weighted by atomic mass is 32.2. The molecule has 3 atom stereocenters. The van der Waals surface area contributed by atoms with Crippen molar-refractivity contribution < 1.29 is 23.5 Å². The number of thioether (sulfide) groups is 1. The first-order valence-corrected chi connectivity index (χ1v) is 11.4. The maximum absolute atomic E-state index is 13.6. The number of aromatic nitrogens is 1. The Balaban J connectivity index is 1.65. The molecule has 0 saturated carbocycles. The minimum Gasteiger partial charge on any atom is -0.493 e. The van der Waals surface area contributed by atoms with E-state index in [-0.39, 0.29) is 16.7 Å². The molecule has 2 aliphatic rings. The quantitative estimate of drug-likeness (QED) is 0.586. The second kappa shape index (κ2) is 7.79. The number of benzene rings is 2. The standard InChI is InChI=1S/C22H17FN2O5S2/c1-29-13-8-3-10(9-14(13)30-2)15-16-18(31-19-17(15)32-22(28)24-19)21(27)25(20(16)26)12-6-4-11(23)5-7-12/h3-9,15-16,18H,1-2H3,(H,24,28)/t15-,16?,18?/m1/s1. The molecule has 164 valence electrons. The van der Waals surface area contributed by atoms with Gasteiger partial charge in [-0.15, -0.1) is 0 Å². The van der Waals surface area contributed by atoms with Crippen LogP contribution in [0.3, 0.4) is 0 Å². The van der Waals surface area contributed by atoms with E-state index in [1.54, 1.807) is 12.1 Å². The summed E-state index contributed by atoms with van der Waals surface area (Å²) in [6, 6.07) is 10.6. The molecule has 0 radical (unpaired) electrons. The molecular weight excluding hydrogens is 455 g/mol. The van der Waals surface area contributed by atoms with E-state index in [4.69, 9.17) is 9.47 Å². The van der Waals surface area contributed by atoms with Crippen molar-refractivity contribution in [1.82, 2.24) is 4.98 Å². The molecule has 0 bridgehead atoms. The number of imide groups is 1. The van der Waals surface area contributed by atoms with Crippen LogP contribution < -0.4 is 19.2 Å². The summed E-state index contributed by atoms with van der Waals surface area (Å²) in [5.41, 5.74) is 1.05. The molecule has 32 heavy (non-hydrogen) atoms. The lowest BCUT2D eigenvalue weighted by Gasteiger charge is -2.30. The van der Waals surface area contributed by atoms with Crippen LogP contribution in [0, 0.1) is 11.7 Å². The highest BCUT2D eigenvalue weighted by Gasteiger charge is 2.56. The molecular formula is C22H17FN2O5S2. The van der Waals surface area contributed by atoms with Gasteiger partial charge in [-0.3, -0.25) is 14.4 Å². The van der Waals surface area contributed by atoms with Crippen LogP contribution in [0.2, 0.25) is 0 Å². The number of aromatic amines is 1. The Kier molecular flexibility index (Phi) is 5.06. The SMILES string of the molecule is COc1ccc([C@H]2c3sc(=O)[nH]c3SC3C(=O)N(c4ccc(F)cc4)C(=O)C32)cc1OC. The van der Waals surface area contributed by atoms with Crippen molar-refractivity contribution in [3.8, 4) is 11.5 Å². The fourth-order valence-corrected chi connectivity index (χ4v) is 6.78. The molecule has 0 aliphatic carbocycles. The number of hydrogen-bond acceptors (Lipinski definition) is 7. The maximum atomic E-state index is 13.6. The van der Waals surface area contributed by atoms with Gasteiger partial charge in [-0.25, -0.2) is 9.29 Å². The van der Waals surface area contributed by atoms with E-state index in [2.05, 4.69) is 4.98 Å². The Bertz CT molecular complexity index is 1290. The van der Waals surface area contributed by atoms with Gasteiger partial charge >= 0.3 is 4.87 Å². The zero-order chi connectivity index (χ0) is 22.6. The van der Waals surface area contributed by atoms with Gasteiger partial charge in [0.15, 0.2) is 11.5 Å². The van der Waals surface area contributed by atoms with Crippen LogP contribution in [0.5, 0.6) is 11.5 Å². The molecule has 5 rings (SSSR count). The van der Waals surface area contributed by atoms with Crippen LogP contribution >= 0.6 is 23.1 Å². The fraction of sp³-hybridized carbons (Fsp3) is 0.227. The largest absolute Gasteiger partial charge is 0.493 e. The number of ether oxygens (including phenoxy) is 2. The summed E-state index contributed by atoms with van der Waals surface area (Å²) in [5, 5.41) is -0.133. The minimum absolute atomic E-state index is 0.247. The monoisotopic (exact) mass is 472 g/mol. The van der Waals surface area contributed by atoms with E-state index >= 15 is 0 Å². The summed E-state index contributed by atoms with van der Waals surface area (Å²) in [7, 11) is 3.04. The predicted molar refractivity (Wildman–Crippen MR) is 118 cm³/mol. The number of methoxy groups -OCH3 is 2. The average Bonchev–Trinajstić information content (AvgIpc) is 3.28. The number of carbonyl (C=O) groups is 2. The lowest BCUT2D eigenvalue weighted by Crippen LogP contribution is -2.32. The van der Waals surface area contributed by atoms with Gasteiger partial charge in [0.1, 0.15) is 11.1 Å². The number of halogens is 1. The normalized spacial score (nSPS) is 22.0. The number of nitrogens with zero attached hydrogens (tertiary/aromatic N) is 1. The number of hydrogen-bond donors (Lipinski definition) is 1. The summed E-state index contributed by atoms with van der Waals surface area (Å²) in [6.45, 7) is 0. The first kappa shape index (κ1) is 20.8. The third-order valence-electron chi connectivity index (χ3n) is 5.68. The Hall–Kier alpha value is -3.11. The van der Waals surface area contributed by atoms with Gasteiger partial charge < -0.3 is 14.5 Å². The number of thiazole rings is 1. The molecule has 2 unspecified atom stereocenters. The molecule has 2 amide bonds. The van der Waals surface area contributed by atoms with Crippen LogP contribution in [0.4, 0.5) is 10.1 Å². The Morgan fingerprint density at radius 3 is 2.38 bits per heavy atom. The Morgan fingerprint density at radius 2 is 1.69 bits per heavy atom. The molecule has 7 nitrogen and oxygen atoms in total. The van der Waals surface area contributed by atoms with Crippen LogP contribution in [-0.4, -0.2) is 36.3 Å². The summed E-state index contributed by atoms with van der Waals surface area (Å²) in [5.74, 6) is -1.47. The predicted octanol–water partition coefficient (Wildman–Crippen LogP) is 3.39. The van der Waals surface area contributed by atoms with Crippen LogP contribution in [0.15, 0.2) is 52.3 Å². The van der Waals surface area contributed by atoms with E-state index in [1.165, 1.54) is 50.2 Å². The first-order valence-electron chi connectivity index (χ1n) is 9.68. The number of rotatable bonds is 4. The van der Waals surface area contributed by atoms with Gasteiger partial charge in [0.05, 0.1) is 30.9 Å². The van der Waals surface area contributed by atoms with Crippen LogP contribution in [-0.2, 0) is 9.59 Å². The second-order valence-electron chi connectivity index (χ2n) is 7.35. The minimum atomic E-state index is -0.727. The zero-order valence-electron chi connectivity index (χ0n) is 17.0.